The number of amides is 1. The van der Waals surface area contributed by atoms with Gasteiger partial charge in [0, 0.05) is 7.05 Å². The Balaban J connectivity index is 2.28. The van der Waals surface area contributed by atoms with Crippen LogP contribution in [0, 0.1) is 5.82 Å². The molecule has 1 aliphatic rings. The first kappa shape index (κ1) is 9.15. The number of halogens is 1. The molecule has 0 aromatic heterocycles. The summed E-state index contributed by atoms with van der Waals surface area (Å²) in [4.78, 5) is 12.7. The van der Waals surface area contributed by atoms with Gasteiger partial charge in [-0.15, -0.1) is 0 Å². The van der Waals surface area contributed by atoms with Crippen LogP contribution in [0.4, 0.5) is 4.39 Å². The molecule has 0 aliphatic carbocycles. The van der Waals surface area contributed by atoms with Crippen LogP contribution in [0.2, 0.25) is 0 Å². The third kappa shape index (κ3) is 1.19. The lowest BCUT2D eigenvalue weighted by Crippen LogP contribution is -2.61. The molecule has 2 N–H and O–H groups in total. The fourth-order valence-corrected chi connectivity index (χ4v) is 1.79. The predicted octanol–water partition coefficient (Wildman–Crippen LogP) is 0.666. The number of rotatable bonds is 1. The molecule has 0 radical (unpaired) electrons. The van der Waals surface area contributed by atoms with Gasteiger partial charge in [0.15, 0.2) is 0 Å². The number of likely N-dealkylation sites (tertiary alicyclic amines) is 1. The van der Waals surface area contributed by atoms with E-state index in [-0.39, 0.29) is 17.8 Å². The number of likely N-dealkylation sites (N-methyl/N-ethyl adjacent to an activating group) is 1. The smallest absolute Gasteiger partial charge is 0.242 e. The average molecular weight is 194 g/mol. The van der Waals surface area contributed by atoms with Crippen LogP contribution in [-0.2, 0) is 4.79 Å². The van der Waals surface area contributed by atoms with E-state index in [4.69, 9.17) is 5.73 Å². The molecule has 1 fully saturated rings. The maximum Gasteiger partial charge on any atom is 0.242 e. The van der Waals surface area contributed by atoms with Gasteiger partial charge in [-0.25, -0.2) is 4.39 Å². The molecule has 74 valence electrons. The molecule has 3 nitrogen and oxygen atoms in total. The first-order valence-electron chi connectivity index (χ1n) is 4.39. The second-order valence-electron chi connectivity index (χ2n) is 3.47. The van der Waals surface area contributed by atoms with Gasteiger partial charge >= 0.3 is 0 Å². The Hall–Kier alpha value is -1.42. The number of carbonyl (C=O) groups is 1. The van der Waals surface area contributed by atoms with Crippen molar-refractivity contribution in [1.82, 2.24) is 4.90 Å². The minimum Gasteiger partial charge on any atom is -0.335 e. The van der Waals surface area contributed by atoms with Crippen molar-refractivity contribution in [2.75, 3.05) is 7.05 Å². The first-order chi connectivity index (χ1) is 6.61. The SMILES string of the molecule is CN1C(=O)C(N)C1c1cccc(F)c1. The van der Waals surface area contributed by atoms with E-state index in [9.17, 15) is 9.18 Å². The number of β-lactam (4-membered cyclic amide) rings is 1. The minimum absolute atomic E-state index is 0.0979. The normalized spacial score (nSPS) is 26.2. The lowest BCUT2D eigenvalue weighted by molar-refractivity contribution is -0.147. The topological polar surface area (TPSA) is 46.3 Å². The molecule has 1 saturated heterocycles. The Kier molecular flexibility index (Phi) is 2.00. The Morgan fingerprint density at radius 3 is 2.79 bits per heavy atom. The molecular formula is C10H11FN2O. The molecule has 0 bridgehead atoms. The van der Waals surface area contributed by atoms with Crippen LogP contribution in [0.5, 0.6) is 0 Å². The van der Waals surface area contributed by atoms with Gasteiger partial charge in [0.25, 0.3) is 0 Å². The van der Waals surface area contributed by atoms with Gasteiger partial charge in [0.2, 0.25) is 5.91 Å². The maximum atomic E-state index is 12.9. The van der Waals surface area contributed by atoms with Crippen LogP contribution in [0.15, 0.2) is 24.3 Å². The zero-order chi connectivity index (χ0) is 10.3. The maximum absolute atomic E-state index is 12.9. The fraction of sp³-hybridized carbons (Fsp3) is 0.300. The van der Waals surface area contributed by atoms with Gasteiger partial charge < -0.3 is 10.6 Å². The summed E-state index contributed by atoms with van der Waals surface area (Å²) >= 11 is 0. The summed E-state index contributed by atoms with van der Waals surface area (Å²) in [7, 11) is 1.67. The van der Waals surface area contributed by atoms with E-state index in [1.54, 1.807) is 19.2 Å². The highest BCUT2D eigenvalue weighted by molar-refractivity contribution is 5.89. The summed E-state index contributed by atoms with van der Waals surface area (Å²) in [5.41, 5.74) is 6.37. The monoisotopic (exact) mass is 194 g/mol. The van der Waals surface area contributed by atoms with Gasteiger partial charge in [-0.2, -0.15) is 0 Å². The largest absolute Gasteiger partial charge is 0.335 e. The van der Waals surface area contributed by atoms with Gasteiger partial charge in [0.05, 0.1) is 6.04 Å². The minimum atomic E-state index is -0.526. The molecule has 2 atom stereocenters. The Labute approximate surface area is 81.3 Å². The molecule has 0 spiro atoms. The summed E-state index contributed by atoms with van der Waals surface area (Å²) < 4.78 is 12.9. The second kappa shape index (κ2) is 3.06. The number of hydrogen-bond acceptors (Lipinski definition) is 2. The second-order valence-corrected chi connectivity index (χ2v) is 3.47. The molecule has 4 heteroatoms. The van der Waals surface area contributed by atoms with Crippen LogP contribution in [0.3, 0.4) is 0 Å². The van der Waals surface area contributed by atoms with E-state index in [0.29, 0.717) is 0 Å². The summed E-state index contributed by atoms with van der Waals surface area (Å²) in [6, 6.07) is 5.47. The van der Waals surface area contributed by atoms with Crippen LogP contribution < -0.4 is 5.73 Å². The zero-order valence-corrected chi connectivity index (χ0v) is 7.77. The van der Waals surface area contributed by atoms with Crippen molar-refractivity contribution in [2.24, 2.45) is 5.73 Å². The van der Waals surface area contributed by atoms with Crippen molar-refractivity contribution >= 4 is 5.91 Å². The lowest BCUT2D eigenvalue weighted by Gasteiger charge is -2.43. The highest BCUT2D eigenvalue weighted by atomic mass is 19.1. The van der Waals surface area contributed by atoms with Crippen LogP contribution in [-0.4, -0.2) is 23.9 Å². The third-order valence-electron chi connectivity index (χ3n) is 2.58. The molecule has 1 amide bonds. The molecule has 1 heterocycles. The number of nitrogens with zero attached hydrogens (tertiary/aromatic N) is 1. The van der Waals surface area contributed by atoms with E-state index in [1.165, 1.54) is 17.0 Å². The summed E-state index contributed by atoms with van der Waals surface area (Å²) in [5.74, 6) is -0.401. The van der Waals surface area contributed by atoms with Crippen LogP contribution in [0.25, 0.3) is 0 Å². The third-order valence-corrected chi connectivity index (χ3v) is 2.58. The molecule has 1 aromatic carbocycles. The first-order valence-corrected chi connectivity index (χ1v) is 4.39. The Morgan fingerprint density at radius 2 is 2.21 bits per heavy atom. The molecule has 1 aliphatic heterocycles. The molecule has 2 unspecified atom stereocenters. The Bertz CT molecular complexity index is 368. The number of nitrogens with two attached hydrogens (primary N) is 1. The van der Waals surface area contributed by atoms with Crippen LogP contribution in [0.1, 0.15) is 11.6 Å². The van der Waals surface area contributed by atoms with E-state index >= 15 is 0 Å². The summed E-state index contributed by atoms with van der Waals surface area (Å²) in [6.45, 7) is 0. The van der Waals surface area contributed by atoms with Crippen LogP contribution >= 0.6 is 0 Å². The highest BCUT2D eigenvalue weighted by Gasteiger charge is 2.43. The molecule has 14 heavy (non-hydrogen) atoms. The summed E-state index contributed by atoms with van der Waals surface area (Å²) in [5, 5.41) is 0. The average Bonchev–Trinajstić information content (AvgIpc) is 2.18. The van der Waals surface area contributed by atoms with Crippen molar-refractivity contribution in [3.05, 3.63) is 35.6 Å². The number of carbonyl (C=O) groups excluding carboxylic acids is 1. The standard InChI is InChI=1S/C10H11FN2O/c1-13-9(8(12)10(13)14)6-3-2-4-7(11)5-6/h2-5,8-9H,12H2,1H3. The van der Waals surface area contributed by atoms with E-state index in [2.05, 4.69) is 0 Å². The van der Waals surface area contributed by atoms with Gasteiger partial charge in [-0.3, -0.25) is 4.79 Å². The number of hydrogen-bond donors (Lipinski definition) is 1. The van der Waals surface area contributed by atoms with Crippen molar-refractivity contribution in [2.45, 2.75) is 12.1 Å². The molecule has 2 rings (SSSR count). The summed E-state index contributed by atoms with van der Waals surface area (Å²) in [6.07, 6.45) is 0. The van der Waals surface area contributed by atoms with Gasteiger partial charge in [-0.1, -0.05) is 12.1 Å². The zero-order valence-electron chi connectivity index (χ0n) is 7.77. The lowest BCUT2D eigenvalue weighted by atomic mass is 9.90. The van der Waals surface area contributed by atoms with Crippen molar-refractivity contribution < 1.29 is 9.18 Å². The quantitative estimate of drug-likeness (QED) is 0.668. The van der Waals surface area contributed by atoms with Gasteiger partial charge in [0.1, 0.15) is 11.9 Å². The fourth-order valence-electron chi connectivity index (χ4n) is 1.79. The van der Waals surface area contributed by atoms with Crippen molar-refractivity contribution in [3.63, 3.8) is 0 Å². The van der Waals surface area contributed by atoms with Crippen molar-refractivity contribution in [1.29, 1.82) is 0 Å². The molecule has 0 saturated carbocycles. The van der Waals surface area contributed by atoms with E-state index in [0.717, 1.165) is 5.56 Å². The van der Waals surface area contributed by atoms with E-state index in [1.807, 2.05) is 0 Å². The predicted molar refractivity (Wildman–Crippen MR) is 49.9 cm³/mol. The van der Waals surface area contributed by atoms with Crippen molar-refractivity contribution in [3.8, 4) is 0 Å². The highest BCUT2D eigenvalue weighted by Crippen LogP contribution is 2.31. The van der Waals surface area contributed by atoms with E-state index < -0.39 is 6.04 Å². The van der Waals surface area contributed by atoms with Gasteiger partial charge in [-0.05, 0) is 17.7 Å². The Morgan fingerprint density at radius 1 is 1.50 bits per heavy atom. The molecular weight excluding hydrogens is 183 g/mol. The molecule has 1 aromatic rings. The number of benzene rings is 1.